The van der Waals surface area contributed by atoms with Crippen molar-refractivity contribution in [2.45, 2.75) is 19.9 Å². The van der Waals surface area contributed by atoms with Crippen molar-refractivity contribution in [3.05, 3.63) is 29.3 Å². The zero-order valence-corrected chi connectivity index (χ0v) is 10.9. The van der Waals surface area contributed by atoms with Gasteiger partial charge in [-0.3, -0.25) is 4.79 Å². The fourth-order valence-corrected chi connectivity index (χ4v) is 1.68. The summed E-state index contributed by atoms with van der Waals surface area (Å²) < 4.78 is 9.82. The van der Waals surface area contributed by atoms with E-state index in [2.05, 4.69) is 10.1 Å². The molecule has 0 aliphatic rings. The number of benzene rings is 1. The van der Waals surface area contributed by atoms with Gasteiger partial charge in [0.15, 0.2) is 6.04 Å². The van der Waals surface area contributed by atoms with E-state index in [4.69, 9.17) is 4.74 Å². The van der Waals surface area contributed by atoms with E-state index in [-0.39, 0.29) is 5.91 Å². The Labute approximate surface area is 106 Å². The molecule has 0 aliphatic heterocycles. The third-order valence-electron chi connectivity index (χ3n) is 2.54. The van der Waals surface area contributed by atoms with Crippen LogP contribution in [0.3, 0.4) is 0 Å². The summed E-state index contributed by atoms with van der Waals surface area (Å²) in [6, 6.07) is 4.47. The number of rotatable bonds is 4. The molecule has 1 aromatic carbocycles. The summed E-state index contributed by atoms with van der Waals surface area (Å²) in [5, 5.41) is 2.56. The number of aryl methyl sites for hydroxylation is 1. The van der Waals surface area contributed by atoms with Crippen molar-refractivity contribution in [3.8, 4) is 5.75 Å². The van der Waals surface area contributed by atoms with Crippen LogP contribution in [0.15, 0.2) is 18.2 Å². The Morgan fingerprint density at radius 2 is 1.94 bits per heavy atom. The first-order chi connectivity index (χ1) is 8.49. The van der Waals surface area contributed by atoms with Crippen molar-refractivity contribution in [3.63, 3.8) is 0 Å². The molecule has 1 aromatic rings. The van der Waals surface area contributed by atoms with Crippen LogP contribution in [-0.2, 0) is 14.3 Å². The van der Waals surface area contributed by atoms with Gasteiger partial charge in [-0.1, -0.05) is 6.07 Å². The molecule has 1 atom stereocenters. The molecular weight excluding hydrogens is 234 g/mol. The number of carbonyl (C=O) groups is 2. The predicted molar refractivity (Wildman–Crippen MR) is 66.3 cm³/mol. The van der Waals surface area contributed by atoms with E-state index >= 15 is 0 Å². The molecule has 1 N–H and O–H groups in total. The third kappa shape index (κ3) is 3.23. The quantitative estimate of drug-likeness (QED) is 0.820. The molecule has 18 heavy (non-hydrogen) atoms. The van der Waals surface area contributed by atoms with Crippen LogP contribution in [0, 0.1) is 6.92 Å². The minimum atomic E-state index is -0.794. The van der Waals surface area contributed by atoms with Gasteiger partial charge < -0.3 is 14.8 Å². The standard InChI is InChI=1S/C13H17NO4/c1-8-7-10(5-6-11(8)17-3)12(13(16)18-4)14-9(2)15/h5-7,12H,1-4H3,(H,14,15). The summed E-state index contributed by atoms with van der Waals surface area (Å²) in [7, 11) is 2.86. The predicted octanol–water partition coefficient (Wildman–Crippen LogP) is 1.35. The van der Waals surface area contributed by atoms with Gasteiger partial charge in [-0.2, -0.15) is 0 Å². The van der Waals surface area contributed by atoms with Gasteiger partial charge in [-0.05, 0) is 30.2 Å². The van der Waals surface area contributed by atoms with Crippen LogP contribution in [0.25, 0.3) is 0 Å². The molecule has 5 nitrogen and oxygen atoms in total. The fraction of sp³-hybridized carbons (Fsp3) is 0.385. The minimum Gasteiger partial charge on any atom is -0.496 e. The summed E-state index contributed by atoms with van der Waals surface area (Å²) in [6.07, 6.45) is 0. The molecule has 0 heterocycles. The Kier molecular flexibility index (Phi) is 4.71. The second-order valence-electron chi connectivity index (χ2n) is 3.89. The van der Waals surface area contributed by atoms with Gasteiger partial charge in [0, 0.05) is 6.92 Å². The second-order valence-corrected chi connectivity index (χ2v) is 3.89. The Morgan fingerprint density at radius 3 is 2.39 bits per heavy atom. The molecule has 0 aliphatic carbocycles. The summed E-state index contributed by atoms with van der Waals surface area (Å²) in [5.74, 6) is -0.0705. The number of hydrogen-bond acceptors (Lipinski definition) is 4. The molecule has 1 unspecified atom stereocenters. The number of methoxy groups -OCH3 is 2. The smallest absolute Gasteiger partial charge is 0.333 e. The summed E-state index contributed by atoms with van der Waals surface area (Å²) in [6.45, 7) is 3.22. The highest BCUT2D eigenvalue weighted by molar-refractivity contribution is 5.84. The first-order valence-electron chi connectivity index (χ1n) is 5.49. The van der Waals surface area contributed by atoms with E-state index in [1.165, 1.54) is 14.0 Å². The highest BCUT2D eigenvalue weighted by Crippen LogP contribution is 2.23. The SMILES string of the molecule is COC(=O)C(NC(C)=O)c1ccc(OC)c(C)c1. The lowest BCUT2D eigenvalue weighted by Gasteiger charge is -2.17. The van der Waals surface area contributed by atoms with Gasteiger partial charge in [0.1, 0.15) is 5.75 Å². The Bertz CT molecular complexity index is 456. The molecule has 1 amide bonds. The maximum Gasteiger partial charge on any atom is 0.333 e. The zero-order valence-electron chi connectivity index (χ0n) is 10.9. The third-order valence-corrected chi connectivity index (χ3v) is 2.54. The molecule has 0 saturated heterocycles. The maximum atomic E-state index is 11.6. The lowest BCUT2D eigenvalue weighted by Crippen LogP contribution is -2.32. The first-order valence-corrected chi connectivity index (χ1v) is 5.49. The van der Waals surface area contributed by atoms with E-state index in [9.17, 15) is 9.59 Å². The van der Waals surface area contributed by atoms with Crippen LogP contribution in [0.5, 0.6) is 5.75 Å². The molecule has 0 saturated carbocycles. The number of hydrogen-bond donors (Lipinski definition) is 1. The van der Waals surface area contributed by atoms with E-state index < -0.39 is 12.0 Å². The maximum absolute atomic E-state index is 11.6. The molecule has 5 heteroatoms. The Hall–Kier alpha value is -2.04. The highest BCUT2D eigenvalue weighted by Gasteiger charge is 2.22. The lowest BCUT2D eigenvalue weighted by molar-refractivity contribution is -0.145. The summed E-state index contributed by atoms with van der Waals surface area (Å²) in [5.41, 5.74) is 1.55. The van der Waals surface area contributed by atoms with Crippen molar-refractivity contribution in [2.75, 3.05) is 14.2 Å². The Balaban J connectivity index is 3.08. The second kappa shape index (κ2) is 6.05. The Morgan fingerprint density at radius 1 is 1.28 bits per heavy atom. The van der Waals surface area contributed by atoms with E-state index in [1.54, 1.807) is 25.3 Å². The van der Waals surface area contributed by atoms with E-state index in [0.29, 0.717) is 5.56 Å². The number of amides is 1. The first kappa shape index (κ1) is 14.0. The number of esters is 1. The normalized spacial score (nSPS) is 11.6. The molecule has 0 spiro atoms. The van der Waals surface area contributed by atoms with Crippen LogP contribution in [0.2, 0.25) is 0 Å². The molecule has 0 bridgehead atoms. The van der Waals surface area contributed by atoms with Crippen molar-refractivity contribution in [2.24, 2.45) is 0 Å². The van der Waals surface area contributed by atoms with Crippen molar-refractivity contribution in [1.29, 1.82) is 0 Å². The molecule has 0 radical (unpaired) electrons. The number of nitrogens with one attached hydrogen (secondary N) is 1. The van der Waals surface area contributed by atoms with Gasteiger partial charge >= 0.3 is 5.97 Å². The minimum absolute atomic E-state index is 0.293. The zero-order chi connectivity index (χ0) is 13.7. The van der Waals surface area contributed by atoms with E-state index in [0.717, 1.165) is 11.3 Å². The number of ether oxygens (including phenoxy) is 2. The van der Waals surface area contributed by atoms with Gasteiger partial charge in [-0.25, -0.2) is 4.79 Å². The highest BCUT2D eigenvalue weighted by atomic mass is 16.5. The van der Waals surface area contributed by atoms with Gasteiger partial charge in [0.2, 0.25) is 5.91 Å². The molecular formula is C13H17NO4. The molecule has 0 fully saturated rings. The van der Waals surface area contributed by atoms with Crippen LogP contribution < -0.4 is 10.1 Å². The average molecular weight is 251 g/mol. The molecule has 0 aromatic heterocycles. The monoisotopic (exact) mass is 251 g/mol. The van der Waals surface area contributed by atoms with Gasteiger partial charge in [-0.15, -0.1) is 0 Å². The van der Waals surface area contributed by atoms with Gasteiger partial charge in [0.25, 0.3) is 0 Å². The van der Waals surface area contributed by atoms with Crippen molar-refractivity contribution < 1.29 is 19.1 Å². The van der Waals surface area contributed by atoms with Crippen molar-refractivity contribution in [1.82, 2.24) is 5.32 Å². The number of carbonyl (C=O) groups excluding carboxylic acids is 2. The largest absolute Gasteiger partial charge is 0.496 e. The molecule has 98 valence electrons. The molecule has 1 rings (SSSR count). The summed E-state index contributed by atoms with van der Waals surface area (Å²) in [4.78, 5) is 22.8. The van der Waals surface area contributed by atoms with Crippen LogP contribution in [0.1, 0.15) is 24.1 Å². The van der Waals surface area contributed by atoms with E-state index in [1.807, 2.05) is 6.92 Å². The van der Waals surface area contributed by atoms with Crippen LogP contribution in [-0.4, -0.2) is 26.1 Å². The topological polar surface area (TPSA) is 64.6 Å². The average Bonchev–Trinajstić information content (AvgIpc) is 2.34. The fourth-order valence-electron chi connectivity index (χ4n) is 1.68. The lowest BCUT2D eigenvalue weighted by atomic mass is 10.0. The van der Waals surface area contributed by atoms with Crippen molar-refractivity contribution >= 4 is 11.9 Å². The van der Waals surface area contributed by atoms with Crippen LogP contribution >= 0.6 is 0 Å². The van der Waals surface area contributed by atoms with Gasteiger partial charge in [0.05, 0.1) is 14.2 Å². The van der Waals surface area contributed by atoms with Crippen LogP contribution in [0.4, 0.5) is 0 Å². The summed E-state index contributed by atoms with van der Waals surface area (Å²) >= 11 is 0.